The molecule has 0 aromatic heterocycles. The molecule has 0 spiro atoms. The van der Waals surface area contributed by atoms with Crippen molar-refractivity contribution in [1.29, 1.82) is 0 Å². The monoisotopic (exact) mass is 192 g/mol. The minimum Gasteiger partial charge on any atom is -0.507 e. The van der Waals surface area contributed by atoms with Gasteiger partial charge in [-0.05, 0) is 19.4 Å². The van der Waals surface area contributed by atoms with Crippen molar-refractivity contribution >= 4 is 5.69 Å². The van der Waals surface area contributed by atoms with E-state index >= 15 is 0 Å². The molecule has 3 N–H and O–H groups in total. The number of phenols is 1. The highest BCUT2D eigenvalue weighted by Crippen LogP contribution is 2.37. The molecular formula is C11H16N2O. The van der Waals surface area contributed by atoms with E-state index in [9.17, 15) is 5.11 Å². The van der Waals surface area contributed by atoms with E-state index < -0.39 is 0 Å². The molecule has 3 heteroatoms. The molecule has 2 rings (SSSR count). The number of hydrogen-bond donors (Lipinski definition) is 2. The summed E-state index contributed by atoms with van der Waals surface area (Å²) in [5, 5.41) is 9.99. The molecule has 1 aliphatic rings. The first kappa shape index (κ1) is 9.34. The Morgan fingerprint density at radius 1 is 1.50 bits per heavy atom. The van der Waals surface area contributed by atoms with E-state index in [4.69, 9.17) is 5.73 Å². The predicted octanol–water partition coefficient (Wildman–Crippen LogP) is 1.40. The molecule has 0 bridgehead atoms. The molecule has 0 saturated heterocycles. The van der Waals surface area contributed by atoms with E-state index in [1.807, 2.05) is 26.1 Å². The van der Waals surface area contributed by atoms with Crippen molar-refractivity contribution in [3.63, 3.8) is 0 Å². The SMILES string of the molecule is CC(N)c1ccc2c(c1O)CCN2C. The van der Waals surface area contributed by atoms with Crippen LogP contribution in [-0.2, 0) is 6.42 Å². The number of anilines is 1. The lowest BCUT2D eigenvalue weighted by Gasteiger charge is -2.15. The maximum atomic E-state index is 9.99. The third-order valence-corrected chi connectivity index (χ3v) is 2.89. The average Bonchev–Trinajstić information content (AvgIpc) is 2.49. The number of aromatic hydroxyl groups is 1. The third kappa shape index (κ3) is 1.24. The standard InChI is InChI=1S/C11H16N2O/c1-7(12)8-3-4-10-9(11(8)14)5-6-13(10)2/h3-4,7,14H,5-6,12H2,1-2H3. The second-order valence-corrected chi connectivity index (χ2v) is 3.96. The molecule has 0 fully saturated rings. The first-order valence-electron chi connectivity index (χ1n) is 4.92. The van der Waals surface area contributed by atoms with Crippen LogP contribution in [0, 0.1) is 0 Å². The Morgan fingerprint density at radius 2 is 2.21 bits per heavy atom. The van der Waals surface area contributed by atoms with Gasteiger partial charge in [-0.2, -0.15) is 0 Å². The summed E-state index contributed by atoms with van der Waals surface area (Å²) in [4.78, 5) is 2.15. The van der Waals surface area contributed by atoms with Crippen LogP contribution in [-0.4, -0.2) is 18.7 Å². The minimum absolute atomic E-state index is 0.105. The van der Waals surface area contributed by atoms with Gasteiger partial charge >= 0.3 is 0 Å². The van der Waals surface area contributed by atoms with Crippen LogP contribution in [0.15, 0.2) is 12.1 Å². The zero-order chi connectivity index (χ0) is 10.3. The number of likely N-dealkylation sites (N-methyl/N-ethyl adjacent to an activating group) is 1. The highest BCUT2D eigenvalue weighted by molar-refractivity contribution is 5.65. The van der Waals surface area contributed by atoms with E-state index in [0.29, 0.717) is 5.75 Å². The van der Waals surface area contributed by atoms with E-state index in [-0.39, 0.29) is 6.04 Å². The van der Waals surface area contributed by atoms with Gasteiger partial charge in [0, 0.05) is 36.4 Å². The average molecular weight is 192 g/mol. The fourth-order valence-corrected chi connectivity index (χ4v) is 2.02. The largest absolute Gasteiger partial charge is 0.507 e. The zero-order valence-electron chi connectivity index (χ0n) is 8.62. The summed E-state index contributed by atoms with van der Waals surface area (Å²) in [7, 11) is 2.04. The summed E-state index contributed by atoms with van der Waals surface area (Å²) in [5.74, 6) is 0.391. The predicted molar refractivity (Wildman–Crippen MR) is 57.7 cm³/mol. The van der Waals surface area contributed by atoms with Crippen LogP contribution in [0.25, 0.3) is 0 Å². The number of hydrogen-bond acceptors (Lipinski definition) is 3. The first-order chi connectivity index (χ1) is 6.61. The van der Waals surface area contributed by atoms with Crippen LogP contribution in [0.3, 0.4) is 0 Å². The van der Waals surface area contributed by atoms with Crippen molar-refractivity contribution in [3.8, 4) is 5.75 Å². The van der Waals surface area contributed by atoms with Crippen molar-refractivity contribution in [2.24, 2.45) is 5.73 Å². The molecule has 0 amide bonds. The second kappa shape index (κ2) is 3.17. The molecule has 1 heterocycles. The Morgan fingerprint density at radius 3 is 2.86 bits per heavy atom. The van der Waals surface area contributed by atoms with Crippen LogP contribution in [0.5, 0.6) is 5.75 Å². The van der Waals surface area contributed by atoms with Gasteiger partial charge in [0.15, 0.2) is 0 Å². The van der Waals surface area contributed by atoms with E-state index in [0.717, 1.165) is 29.8 Å². The Balaban J connectivity index is 2.53. The molecule has 1 aliphatic heterocycles. The van der Waals surface area contributed by atoms with Crippen LogP contribution in [0.2, 0.25) is 0 Å². The molecule has 1 aromatic rings. The fraction of sp³-hybridized carbons (Fsp3) is 0.455. The van der Waals surface area contributed by atoms with E-state index in [1.165, 1.54) is 0 Å². The lowest BCUT2D eigenvalue weighted by atomic mass is 10.0. The fourth-order valence-electron chi connectivity index (χ4n) is 2.02. The van der Waals surface area contributed by atoms with Gasteiger partial charge in [0.1, 0.15) is 5.75 Å². The molecule has 1 atom stereocenters. The first-order valence-corrected chi connectivity index (χ1v) is 4.92. The smallest absolute Gasteiger partial charge is 0.125 e. The quantitative estimate of drug-likeness (QED) is 0.707. The number of nitrogens with two attached hydrogens (primary N) is 1. The van der Waals surface area contributed by atoms with Crippen molar-refractivity contribution < 1.29 is 5.11 Å². The number of rotatable bonds is 1. The molecule has 0 radical (unpaired) electrons. The van der Waals surface area contributed by atoms with Crippen molar-refractivity contribution in [3.05, 3.63) is 23.3 Å². The molecule has 0 aliphatic carbocycles. The molecule has 1 unspecified atom stereocenters. The Hall–Kier alpha value is -1.22. The number of phenolic OH excluding ortho intramolecular Hbond substituents is 1. The third-order valence-electron chi connectivity index (χ3n) is 2.89. The summed E-state index contributed by atoms with van der Waals surface area (Å²) in [6.07, 6.45) is 0.915. The second-order valence-electron chi connectivity index (χ2n) is 3.96. The van der Waals surface area contributed by atoms with Gasteiger partial charge in [-0.15, -0.1) is 0 Å². The number of nitrogens with zero attached hydrogens (tertiary/aromatic N) is 1. The summed E-state index contributed by atoms with van der Waals surface area (Å²) in [6.45, 7) is 2.87. The number of benzene rings is 1. The lowest BCUT2D eigenvalue weighted by molar-refractivity contribution is 0.458. The Labute approximate surface area is 84.1 Å². The maximum absolute atomic E-state index is 9.99. The van der Waals surface area contributed by atoms with Crippen LogP contribution in [0.4, 0.5) is 5.69 Å². The zero-order valence-corrected chi connectivity index (χ0v) is 8.62. The van der Waals surface area contributed by atoms with E-state index in [1.54, 1.807) is 0 Å². The minimum atomic E-state index is -0.105. The van der Waals surface area contributed by atoms with Gasteiger partial charge in [-0.3, -0.25) is 0 Å². The maximum Gasteiger partial charge on any atom is 0.125 e. The van der Waals surface area contributed by atoms with Crippen molar-refractivity contribution in [2.45, 2.75) is 19.4 Å². The van der Waals surface area contributed by atoms with Gasteiger partial charge in [0.25, 0.3) is 0 Å². The van der Waals surface area contributed by atoms with Gasteiger partial charge in [-0.25, -0.2) is 0 Å². The van der Waals surface area contributed by atoms with Gasteiger partial charge in [0.2, 0.25) is 0 Å². The molecule has 14 heavy (non-hydrogen) atoms. The Bertz CT molecular complexity index is 361. The van der Waals surface area contributed by atoms with Gasteiger partial charge < -0.3 is 15.7 Å². The molecular weight excluding hydrogens is 176 g/mol. The summed E-state index contributed by atoms with van der Waals surface area (Å²) in [5.41, 5.74) is 8.79. The number of fused-ring (bicyclic) bond motifs is 1. The van der Waals surface area contributed by atoms with Crippen LogP contribution < -0.4 is 10.6 Å². The molecule has 76 valence electrons. The van der Waals surface area contributed by atoms with Crippen molar-refractivity contribution in [1.82, 2.24) is 0 Å². The van der Waals surface area contributed by atoms with Crippen LogP contribution >= 0.6 is 0 Å². The highest BCUT2D eigenvalue weighted by Gasteiger charge is 2.21. The molecule has 3 nitrogen and oxygen atoms in total. The summed E-state index contributed by atoms with van der Waals surface area (Å²) < 4.78 is 0. The Kier molecular flexibility index (Phi) is 2.11. The normalized spacial score (nSPS) is 16.9. The van der Waals surface area contributed by atoms with Crippen molar-refractivity contribution in [2.75, 3.05) is 18.5 Å². The van der Waals surface area contributed by atoms with Crippen LogP contribution in [0.1, 0.15) is 24.1 Å². The van der Waals surface area contributed by atoms with Gasteiger partial charge in [0.05, 0.1) is 0 Å². The molecule has 1 aromatic carbocycles. The topological polar surface area (TPSA) is 49.5 Å². The summed E-state index contributed by atoms with van der Waals surface area (Å²) in [6, 6.07) is 3.85. The van der Waals surface area contributed by atoms with E-state index in [2.05, 4.69) is 4.90 Å². The molecule has 0 saturated carbocycles. The summed E-state index contributed by atoms with van der Waals surface area (Å²) >= 11 is 0. The highest BCUT2D eigenvalue weighted by atomic mass is 16.3. The van der Waals surface area contributed by atoms with Gasteiger partial charge in [-0.1, -0.05) is 6.07 Å². The lowest BCUT2D eigenvalue weighted by Crippen LogP contribution is -2.12.